The molecule has 0 fully saturated rings. The van der Waals surface area contributed by atoms with Gasteiger partial charge in [-0.2, -0.15) is 0 Å². The van der Waals surface area contributed by atoms with Gasteiger partial charge in [-0.3, -0.25) is 0 Å². The number of unbranched alkanes of at least 4 members (excludes halogenated alkanes) is 10. The predicted molar refractivity (Wildman–Crippen MR) is 174 cm³/mol. The molecule has 0 N–H and O–H groups in total. The van der Waals surface area contributed by atoms with Crippen molar-refractivity contribution in [3.63, 3.8) is 0 Å². The van der Waals surface area contributed by atoms with Crippen LogP contribution in [0.3, 0.4) is 0 Å². The van der Waals surface area contributed by atoms with E-state index in [0.29, 0.717) is 0 Å². The second-order valence-corrected chi connectivity index (χ2v) is 9.94. The van der Waals surface area contributed by atoms with E-state index in [9.17, 15) is 19.8 Å². The molecule has 0 unspecified atom stereocenters. The van der Waals surface area contributed by atoms with Crippen LogP contribution in [-0.4, -0.2) is 35.8 Å². The van der Waals surface area contributed by atoms with Crippen LogP contribution in [0.2, 0.25) is 0 Å². The molecule has 2 radical (unpaired) electrons. The Bertz CT molecular complexity index is 670. The maximum Gasteiger partial charge on any atom is 2.00 e. The molecule has 0 aromatic rings. The van der Waals surface area contributed by atoms with Crippen LogP contribution in [-0.2, 0) is 9.59 Å². The quantitative estimate of drug-likeness (QED) is 0.0526. The summed E-state index contributed by atoms with van der Waals surface area (Å²) in [6.45, 7) is 4.29. The smallest absolute Gasteiger partial charge is 0.550 e. The average Bonchev–Trinajstić information content (AvgIpc) is 2.93. The summed E-state index contributed by atoms with van der Waals surface area (Å²) < 4.78 is 0. The van der Waals surface area contributed by atoms with Gasteiger partial charge >= 0.3 is 23.9 Å². The van der Waals surface area contributed by atoms with Gasteiger partial charge in [0.2, 0.25) is 0 Å². The van der Waals surface area contributed by atoms with E-state index >= 15 is 0 Å². The van der Waals surface area contributed by atoms with Gasteiger partial charge in [0.05, 0.1) is 0 Å². The maximum atomic E-state index is 10.2. The van der Waals surface area contributed by atoms with Gasteiger partial charge in [-0.05, 0) is 89.9 Å². The Morgan fingerprint density at radius 2 is 0.683 bits per heavy atom. The molecule has 0 atom stereocenters. The number of aliphatic carboxylic acids is 2. The van der Waals surface area contributed by atoms with Crippen molar-refractivity contribution in [2.75, 3.05) is 0 Å². The first kappa shape index (κ1) is 43.6. The summed E-state index contributed by atoms with van der Waals surface area (Å²) in [5, 5.41) is 20.4. The molecular formula is C36H58O4Sn. The molecule has 4 nitrogen and oxygen atoms in total. The summed E-state index contributed by atoms with van der Waals surface area (Å²) >= 11 is 0. The number of carboxylic acids is 2. The van der Waals surface area contributed by atoms with Crippen molar-refractivity contribution in [3.05, 3.63) is 72.9 Å². The molecule has 0 amide bonds. The van der Waals surface area contributed by atoms with Crippen LogP contribution in [0.5, 0.6) is 0 Å². The Labute approximate surface area is 269 Å². The molecule has 5 heteroatoms. The molecule has 0 aliphatic heterocycles. The van der Waals surface area contributed by atoms with E-state index in [-0.39, 0.29) is 36.7 Å². The average molecular weight is 674 g/mol. The summed E-state index contributed by atoms with van der Waals surface area (Å²) in [4.78, 5) is 20.4. The van der Waals surface area contributed by atoms with Crippen molar-refractivity contribution in [3.8, 4) is 0 Å². The molecular weight excluding hydrogens is 615 g/mol. The zero-order valence-electron chi connectivity index (χ0n) is 26.2. The topological polar surface area (TPSA) is 80.3 Å². The van der Waals surface area contributed by atoms with Crippen LogP contribution in [0, 0.1) is 0 Å². The van der Waals surface area contributed by atoms with Gasteiger partial charge in [0.1, 0.15) is 0 Å². The summed E-state index contributed by atoms with van der Waals surface area (Å²) in [6.07, 6.45) is 46.1. The van der Waals surface area contributed by atoms with Crippen LogP contribution in [0.15, 0.2) is 72.9 Å². The molecule has 0 rings (SSSR count). The Kier molecular flexibility index (Phi) is 42.9. The van der Waals surface area contributed by atoms with Crippen molar-refractivity contribution in [1.82, 2.24) is 0 Å². The third-order valence-corrected chi connectivity index (χ3v) is 6.06. The monoisotopic (exact) mass is 674 g/mol. The number of carboxylic acid groups (broad SMARTS) is 2. The summed E-state index contributed by atoms with van der Waals surface area (Å²) in [5.74, 6) is -1.85. The van der Waals surface area contributed by atoms with E-state index in [4.69, 9.17) is 0 Å². The van der Waals surface area contributed by atoms with Gasteiger partial charge in [0, 0.05) is 11.9 Å². The largest absolute Gasteiger partial charge is 2.00 e. The van der Waals surface area contributed by atoms with E-state index in [1.807, 2.05) is 0 Å². The first-order valence-corrected chi connectivity index (χ1v) is 15.8. The standard InChI is InChI=1S/2C18H30O2.Sn/c2*1-2-3-4-5-6-7-8-9-10-11-12-13-14-15-16-17-18(19)20;/h2*3-4,6-7,9-10H,2,5,8,11-17H2,1H3,(H,19,20);/q;;+2/p-2/b4-3+,7-6+,10-9+;4-3-,7-6-,10-9-;. The van der Waals surface area contributed by atoms with Crippen molar-refractivity contribution < 1.29 is 19.8 Å². The normalized spacial score (nSPS) is 11.8. The second-order valence-electron chi connectivity index (χ2n) is 9.94. The van der Waals surface area contributed by atoms with Crippen molar-refractivity contribution in [1.29, 1.82) is 0 Å². The minimum Gasteiger partial charge on any atom is -0.550 e. The number of hydrogen-bond acceptors (Lipinski definition) is 4. The van der Waals surface area contributed by atoms with Crippen molar-refractivity contribution >= 4 is 35.8 Å². The Hall–Kier alpha value is -1.82. The fourth-order valence-corrected chi connectivity index (χ4v) is 3.78. The number of allylic oxidation sites excluding steroid dienone is 12. The fourth-order valence-electron chi connectivity index (χ4n) is 3.78. The third-order valence-electron chi connectivity index (χ3n) is 6.06. The number of rotatable bonds is 26. The number of carbonyl (C=O) groups is 2. The predicted octanol–water partition coefficient (Wildman–Crippen LogP) is 8.27. The molecule has 0 saturated heterocycles. The molecule has 0 heterocycles. The first-order valence-electron chi connectivity index (χ1n) is 15.8. The molecule has 0 saturated carbocycles. The van der Waals surface area contributed by atoms with Crippen LogP contribution in [0.4, 0.5) is 0 Å². The van der Waals surface area contributed by atoms with Crippen molar-refractivity contribution in [2.45, 2.75) is 142 Å². The van der Waals surface area contributed by atoms with E-state index < -0.39 is 11.9 Å². The van der Waals surface area contributed by atoms with E-state index in [1.165, 1.54) is 25.7 Å². The van der Waals surface area contributed by atoms with Crippen LogP contribution >= 0.6 is 0 Å². The Morgan fingerprint density at radius 1 is 0.415 bits per heavy atom. The second kappa shape index (κ2) is 40.3. The van der Waals surface area contributed by atoms with Crippen LogP contribution in [0.1, 0.15) is 142 Å². The Morgan fingerprint density at radius 3 is 1.00 bits per heavy atom. The van der Waals surface area contributed by atoms with Gasteiger partial charge in [-0.15, -0.1) is 0 Å². The summed E-state index contributed by atoms with van der Waals surface area (Å²) in [7, 11) is 0. The summed E-state index contributed by atoms with van der Waals surface area (Å²) in [6, 6.07) is 0. The number of carbonyl (C=O) groups excluding carboxylic acids is 2. The molecule has 41 heavy (non-hydrogen) atoms. The zero-order valence-corrected chi connectivity index (χ0v) is 29.1. The zero-order chi connectivity index (χ0) is 29.8. The van der Waals surface area contributed by atoms with Gasteiger partial charge < -0.3 is 19.8 Å². The van der Waals surface area contributed by atoms with E-state index in [2.05, 4.69) is 86.8 Å². The molecule has 0 aliphatic rings. The van der Waals surface area contributed by atoms with Gasteiger partial charge in [-0.25, -0.2) is 0 Å². The maximum absolute atomic E-state index is 10.2. The van der Waals surface area contributed by atoms with Crippen LogP contribution in [0.25, 0.3) is 0 Å². The molecule has 0 bridgehead atoms. The molecule has 0 aliphatic carbocycles. The van der Waals surface area contributed by atoms with E-state index in [0.717, 1.165) is 89.9 Å². The minimum atomic E-state index is -0.925. The first-order chi connectivity index (χ1) is 19.5. The third kappa shape index (κ3) is 48.3. The van der Waals surface area contributed by atoms with Gasteiger partial charge in [-0.1, -0.05) is 125 Å². The molecule has 0 spiro atoms. The molecule has 230 valence electrons. The van der Waals surface area contributed by atoms with Gasteiger partial charge in [0.15, 0.2) is 0 Å². The fraction of sp³-hybridized carbons (Fsp3) is 0.611. The molecule has 0 aromatic heterocycles. The summed E-state index contributed by atoms with van der Waals surface area (Å²) in [5.41, 5.74) is 0. The molecule has 0 aromatic carbocycles. The van der Waals surface area contributed by atoms with Crippen LogP contribution < -0.4 is 10.2 Å². The Balaban J connectivity index is -0.000000688. The number of hydrogen-bond donors (Lipinski definition) is 0. The van der Waals surface area contributed by atoms with Crippen molar-refractivity contribution in [2.24, 2.45) is 0 Å². The SMILES string of the molecule is CC/C=C/C/C=C/C/C=C/CCCCCCCC(=O)[O-].CC/C=C\C/C=C\C/C=C\CCCCCCCC(=O)[O-].[Sn+2]. The minimum absolute atomic E-state index is 0. The van der Waals surface area contributed by atoms with E-state index in [1.54, 1.807) is 0 Å². The van der Waals surface area contributed by atoms with Gasteiger partial charge in [0.25, 0.3) is 0 Å².